The summed E-state index contributed by atoms with van der Waals surface area (Å²) >= 11 is 1.86. The first-order chi connectivity index (χ1) is 28.8. The van der Waals surface area contributed by atoms with Crippen LogP contribution < -0.4 is 4.90 Å². The van der Waals surface area contributed by atoms with Crippen LogP contribution in [0.2, 0.25) is 0 Å². The maximum atomic E-state index is 2.47. The van der Waals surface area contributed by atoms with Crippen molar-refractivity contribution in [2.24, 2.45) is 0 Å². The summed E-state index contributed by atoms with van der Waals surface area (Å²) in [6.45, 7) is 0. The number of nitrogens with zero attached hydrogens (tertiary/aromatic N) is 2. The van der Waals surface area contributed by atoms with Gasteiger partial charge in [0, 0.05) is 48.0 Å². The molecule has 0 bridgehead atoms. The average molecular weight is 759 g/mol. The highest BCUT2D eigenvalue weighted by atomic mass is 32.1. The summed E-state index contributed by atoms with van der Waals surface area (Å²) in [6.07, 6.45) is 0. The van der Waals surface area contributed by atoms with Crippen molar-refractivity contribution in [3.8, 4) is 5.69 Å². The Kier molecular flexibility index (Phi) is 8.27. The van der Waals surface area contributed by atoms with Gasteiger partial charge in [-0.25, -0.2) is 0 Å². The second kappa shape index (κ2) is 14.1. The second-order valence-corrected chi connectivity index (χ2v) is 16.0. The lowest BCUT2D eigenvalue weighted by molar-refractivity contribution is 0.745. The predicted octanol–water partition coefficient (Wildman–Crippen LogP) is 15.0. The molecule has 58 heavy (non-hydrogen) atoms. The molecule has 0 atom stereocenters. The molecule has 2 aromatic heterocycles. The van der Waals surface area contributed by atoms with Crippen molar-refractivity contribution in [3.05, 3.63) is 253 Å². The summed E-state index contributed by atoms with van der Waals surface area (Å²) in [4.78, 5) is 2.47. The van der Waals surface area contributed by atoms with E-state index in [9.17, 15) is 0 Å². The van der Waals surface area contributed by atoms with Crippen molar-refractivity contribution in [3.63, 3.8) is 0 Å². The number of benzene rings is 9. The molecule has 3 heteroatoms. The van der Waals surface area contributed by atoms with E-state index in [2.05, 4.69) is 240 Å². The fraction of sp³-hybridized carbons (Fsp3) is 0.0182. The Morgan fingerprint density at radius 2 is 0.862 bits per heavy atom. The summed E-state index contributed by atoms with van der Waals surface area (Å²) in [5.41, 5.74) is 11.3. The maximum Gasteiger partial charge on any atom is 0.0701 e. The molecule has 0 unspecified atom stereocenters. The van der Waals surface area contributed by atoms with Crippen LogP contribution in [0.1, 0.15) is 22.3 Å². The first-order valence-electron chi connectivity index (χ1n) is 19.9. The SMILES string of the molecule is c1ccc(-n2c3ccccc3c3cc(N(c4ccc(C(c5ccccc5)(c5ccccc5)c5ccccc5)cc4)c4cccc5sc6ccccc6c45)ccc32)cc1. The number of aromatic nitrogens is 1. The van der Waals surface area contributed by atoms with Gasteiger partial charge in [0.1, 0.15) is 0 Å². The Hall–Kier alpha value is -7.20. The lowest BCUT2D eigenvalue weighted by Crippen LogP contribution is -2.31. The molecule has 0 aliphatic heterocycles. The van der Waals surface area contributed by atoms with Gasteiger partial charge in [0.15, 0.2) is 0 Å². The fourth-order valence-corrected chi connectivity index (χ4v) is 10.4. The molecule has 11 aromatic rings. The van der Waals surface area contributed by atoms with Crippen molar-refractivity contribution in [1.82, 2.24) is 4.57 Å². The molecule has 9 aromatic carbocycles. The zero-order valence-corrected chi connectivity index (χ0v) is 32.6. The third-order valence-electron chi connectivity index (χ3n) is 11.7. The smallest absolute Gasteiger partial charge is 0.0701 e. The van der Waals surface area contributed by atoms with Crippen molar-refractivity contribution in [2.45, 2.75) is 5.41 Å². The van der Waals surface area contributed by atoms with Crippen LogP contribution in [-0.4, -0.2) is 4.57 Å². The van der Waals surface area contributed by atoms with Crippen LogP contribution in [-0.2, 0) is 5.41 Å². The molecule has 0 N–H and O–H groups in total. The minimum atomic E-state index is -0.533. The molecule has 0 amide bonds. The Bertz CT molecular complexity index is 3110. The molecule has 0 aliphatic carbocycles. The summed E-state index contributed by atoms with van der Waals surface area (Å²) in [7, 11) is 0. The van der Waals surface area contributed by atoms with Gasteiger partial charge in [-0.3, -0.25) is 0 Å². The van der Waals surface area contributed by atoms with E-state index in [1.807, 2.05) is 11.3 Å². The lowest BCUT2D eigenvalue weighted by Gasteiger charge is -2.37. The standard InChI is InChI=1S/C55H38N2S/c1-5-18-39(19-6-1)55(40-20-7-2-8-21-40,41-22-9-3-10-23-41)42-32-34-44(35-33-42)56(51-29-17-31-53-54(51)47-27-14-16-30-52(47)58-53)45-36-37-50-48(38-45)46-26-13-15-28-49(46)57(50)43-24-11-4-12-25-43/h1-38H. The zero-order chi connectivity index (χ0) is 38.5. The Morgan fingerprint density at radius 3 is 1.52 bits per heavy atom. The van der Waals surface area contributed by atoms with E-state index in [1.165, 1.54) is 64.2 Å². The number of rotatable bonds is 8. The minimum Gasteiger partial charge on any atom is -0.310 e. The van der Waals surface area contributed by atoms with Gasteiger partial charge < -0.3 is 9.47 Å². The predicted molar refractivity (Wildman–Crippen MR) is 247 cm³/mol. The van der Waals surface area contributed by atoms with E-state index in [0.717, 1.165) is 22.7 Å². The largest absolute Gasteiger partial charge is 0.310 e. The topological polar surface area (TPSA) is 8.17 Å². The van der Waals surface area contributed by atoms with E-state index in [-0.39, 0.29) is 0 Å². The van der Waals surface area contributed by atoms with E-state index in [0.29, 0.717) is 0 Å². The molecule has 2 nitrogen and oxygen atoms in total. The minimum absolute atomic E-state index is 0.533. The monoisotopic (exact) mass is 758 g/mol. The highest BCUT2D eigenvalue weighted by Crippen LogP contribution is 2.49. The van der Waals surface area contributed by atoms with Crippen LogP contribution in [0.25, 0.3) is 47.7 Å². The molecule has 0 radical (unpaired) electrons. The van der Waals surface area contributed by atoms with Crippen molar-refractivity contribution in [2.75, 3.05) is 4.90 Å². The molecule has 11 rings (SSSR count). The van der Waals surface area contributed by atoms with Crippen molar-refractivity contribution in [1.29, 1.82) is 0 Å². The average Bonchev–Trinajstić information content (AvgIpc) is 3.85. The number of fused-ring (bicyclic) bond motifs is 6. The van der Waals surface area contributed by atoms with E-state index in [1.54, 1.807) is 0 Å². The quantitative estimate of drug-likeness (QED) is 0.140. The molecule has 0 spiro atoms. The summed E-state index contributed by atoms with van der Waals surface area (Å²) in [6, 6.07) is 84.2. The van der Waals surface area contributed by atoms with Gasteiger partial charge in [0.25, 0.3) is 0 Å². The molecule has 0 fully saturated rings. The number of thiophene rings is 1. The third kappa shape index (κ3) is 5.39. The maximum absolute atomic E-state index is 2.47. The number of hydrogen-bond donors (Lipinski definition) is 0. The highest BCUT2D eigenvalue weighted by molar-refractivity contribution is 7.26. The molecule has 0 aliphatic rings. The third-order valence-corrected chi connectivity index (χ3v) is 12.9. The van der Waals surface area contributed by atoms with Gasteiger partial charge in [0.2, 0.25) is 0 Å². The Balaban J connectivity index is 1.16. The van der Waals surface area contributed by atoms with Gasteiger partial charge >= 0.3 is 0 Å². The first-order valence-corrected chi connectivity index (χ1v) is 20.7. The lowest BCUT2D eigenvalue weighted by atomic mass is 9.65. The zero-order valence-electron chi connectivity index (χ0n) is 31.7. The van der Waals surface area contributed by atoms with Gasteiger partial charge in [-0.2, -0.15) is 0 Å². The van der Waals surface area contributed by atoms with E-state index >= 15 is 0 Å². The van der Waals surface area contributed by atoms with Crippen LogP contribution >= 0.6 is 11.3 Å². The fourth-order valence-electron chi connectivity index (χ4n) is 9.25. The van der Waals surface area contributed by atoms with Crippen molar-refractivity contribution >= 4 is 70.4 Å². The van der Waals surface area contributed by atoms with Crippen LogP contribution in [0.5, 0.6) is 0 Å². The number of anilines is 3. The van der Waals surface area contributed by atoms with Crippen LogP contribution in [0.3, 0.4) is 0 Å². The van der Waals surface area contributed by atoms with Crippen LogP contribution in [0.15, 0.2) is 231 Å². The van der Waals surface area contributed by atoms with Crippen LogP contribution in [0.4, 0.5) is 17.1 Å². The summed E-state index contributed by atoms with van der Waals surface area (Å²) < 4.78 is 4.95. The summed E-state index contributed by atoms with van der Waals surface area (Å²) in [5, 5.41) is 5.00. The number of para-hydroxylation sites is 2. The molecule has 274 valence electrons. The molecule has 0 saturated carbocycles. The number of hydrogen-bond acceptors (Lipinski definition) is 2. The van der Waals surface area contributed by atoms with Crippen molar-refractivity contribution < 1.29 is 0 Å². The van der Waals surface area contributed by atoms with Gasteiger partial charge in [-0.1, -0.05) is 164 Å². The highest BCUT2D eigenvalue weighted by Gasteiger charge is 2.38. The molecule has 2 heterocycles. The molecule has 0 saturated heterocycles. The van der Waals surface area contributed by atoms with E-state index in [4.69, 9.17) is 0 Å². The Morgan fingerprint density at radius 1 is 0.362 bits per heavy atom. The van der Waals surface area contributed by atoms with Gasteiger partial charge in [-0.05, 0) is 89.0 Å². The van der Waals surface area contributed by atoms with Gasteiger partial charge in [-0.15, -0.1) is 11.3 Å². The van der Waals surface area contributed by atoms with Crippen LogP contribution in [0, 0.1) is 0 Å². The van der Waals surface area contributed by atoms with E-state index < -0.39 is 5.41 Å². The molecular weight excluding hydrogens is 721 g/mol. The molecular formula is C55H38N2S. The van der Waals surface area contributed by atoms with Gasteiger partial charge in [0.05, 0.1) is 22.1 Å². The first kappa shape index (κ1) is 34.1. The Labute approximate surface area is 342 Å². The summed E-state index contributed by atoms with van der Waals surface area (Å²) in [5.74, 6) is 0. The second-order valence-electron chi connectivity index (χ2n) is 14.9. The normalized spacial score (nSPS) is 11.8.